The molecule has 0 bridgehead atoms. The molecule has 5 rings (SSSR count). The van der Waals surface area contributed by atoms with Gasteiger partial charge in [0.15, 0.2) is 11.6 Å². The van der Waals surface area contributed by atoms with Crippen LogP contribution in [-0.2, 0) is 9.53 Å². The van der Waals surface area contributed by atoms with E-state index in [-0.39, 0.29) is 66.1 Å². The summed E-state index contributed by atoms with van der Waals surface area (Å²) in [4.78, 5) is 35.7. The summed E-state index contributed by atoms with van der Waals surface area (Å²) in [6.07, 6.45) is 1.82. The lowest BCUT2D eigenvalue weighted by Gasteiger charge is -2.39. The van der Waals surface area contributed by atoms with E-state index < -0.39 is 23.6 Å². The van der Waals surface area contributed by atoms with Crippen LogP contribution in [0.4, 0.5) is 14.6 Å². The number of rotatable bonds is 4. The van der Waals surface area contributed by atoms with Gasteiger partial charge in [0.1, 0.15) is 29.5 Å². The standard InChI is InChI=1S/C26H28F2N4O4/c1-4-20(33)30-11-12-32-16(13-30)14-36-24-21(26(32)34)25(31-10-9-19(35-3)15(31)2)29-23(22(24)28)17-7-5-6-8-18(17)27/h4-8,15-16,19H,1,9-14H2,2-3H3/t15-,16+,19?/m0/s1. The second-order valence-corrected chi connectivity index (χ2v) is 9.23. The lowest BCUT2D eigenvalue weighted by atomic mass is 10.1. The van der Waals surface area contributed by atoms with Crippen LogP contribution in [0.15, 0.2) is 36.9 Å². The van der Waals surface area contributed by atoms with E-state index in [1.807, 2.05) is 11.8 Å². The van der Waals surface area contributed by atoms with Crippen molar-refractivity contribution in [3.8, 4) is 17.0 Å². The summed E-state index contributed by atoms with van der Waals surface area (Å²) in [5.41, 5.74) is -0.219. The molecule has 10 heteroatoms. The minimum atomic E-state index is -0.888. The number of hydrogen-bond donors (Lipinski definition) is 0. The summed E-state index contributed by atoms with van der Waals surface area (Å²) < 4.78 is 42.2. The Kier molecular flexibility index (Phi) is 6.38. The lowest BCUT2D eigenvalue weighted by molar-refractivity contribution is -0.128. The first-order valence-corrected chi connectivity index (χ1v) is 12.0. The Hall–Kier alpha value is -3.53. The number of aromatic nitrogens is 1. The number of benzene rings is 1. The largest absolute Gasteiger partial charge is 0.487 e. The average molecular weight is 499 g/mol. The number of halogens is 2. The van der Waals surface area contributed by atoms with Crippen LogP contribution in [0.3, 0.4) is 0 Å². The number of methoxy groups -OCH3 is 1. The fraction of sp³-hybridized carbons (Fsp3) is 0.423. The van der Waals surface area contributed by atoms with Crippen molar-refractivity contribution in [2.45, 2.75) is 31.5 Å². The molecule has 1 aromatic carbocycles. The number of ether oxygens (including phenoxy) is 2. The van der Waals surface area contributed by atoms with Gasteiger partial charge in [-0.3, -0.25) is 9.59 Å². The fourth-order valence-electron chi connectivity index (χ4n) is 5.34. The molecule has 2 saturated heterocycles. The minimum absolute atomic E-state index is 0.0159. The second kappa shape index (κ2) is 9.50. The summed E-state index contributed by atoms with van der Waals surface area (Å²) >= 11 is 0. The average Bonchev–Trinajstić information content (AvgIpc) is 3.19. The van der Waals surface area contributed by atoms with Gasteiger partial charge in [0.2, 0.25) is 5.91 Å². The van der Waals surface area contributed by atoms with E-state index in [0.29, 0.717) is 19.5 Å². The summed E-state index contributed by atoms with van der Waals surface area (Å²) in [5, 5.41) is 0. The maximum atomic E-state index is 16.0. The number of hydrogen-bond acceptors (Lipinski definition) is 6. The number of fused-ring (bicyclic) bond motifs is 2. The van der Waals surface area contributed by atoms with Gasteiger partial charge in [-0.05, 0) is 31.6 Å². The topological polar surface area (TPSA) is 75.2 Å². The smallest absolute Gasteiger partial charge is 0.262 e. The number of nitrogens with zero attached hydrogens (tertiary/aromatic N) is 4. The third-order valence-corrected chi connectivity index (χ3v) is 7.33. The van der Waals surface area contributed by atoms with E-state index in [1.54, 1.807) is 23.0 Å². The number of pyridine rings is 1. The van der Waals surface area contributed by atoms with Crippen LogP contribution in [0.5, 0.6) is 5.75 Å². The van der Waals surface area contributed by atoms with E-state index in [4.69, 9.17) is 9.47 Å². The predicted molar refractivity (Wildman–Crippen MR) is 129 cm³/mol. The van der Waals surface area contributed by atoms with Crippen LogP contribution < -0.4 is 9.64 Å². The Morgan fingerprint density at radius 2 is 2.00 bits per heavy atom. The van der Waals surface area contributed by atoms with Crippen molar-refractivity contribution in [2.24, 2.45) is 0 Å². The molecule has 0 aliphatic carbocycles. The highest BCUT2D eigenvalue weighted by molar-refractivity contribution is 6.03. The number of carbonyl (C=O) groups is 2. The number of piperazine rings is 1. The zero-order chi connectivity index (χ0) is 25.6. The molecule has 2 fully saturated rings. The molecular weight excluding hydrogens is 470 g/mol. The molecule has 0 saturated carbocycles. The quantitative estimate of drug-likeness (QED) is 0.604. The van der Waals surface area contributed by atoms with Crippen LogP contribution in [0.2, 0.25) is 0 Å². The molecule has 190 valence electrons. The summed E-state index contributed by atoms with van der Waals surface area (Å²) in [6, 6.07) is 5.17. The van der Waals surface area contributed by atoms with E-state index in [2.05, 4.69) is 11.6 Å². The highest BCUT2D eigenvalue weighted by atomic mass is 19.1. The van der Waals surface area contributed by atoms with Gasteiger partial charge in [0, 0.05) is 38.9 Å². The normalized spacial score (nSPS) is 23.6. The number of carbonyl (C=O) groups excluding carboxylic acids is 2. The molecule has 8 nitrogen and oxygen atoms in total. The van der Waals surface area contributed by atoms with Crippen LogP contribution in [0.25, 0.3) is 11.3 Å². The van der Waals surface area contributed by atoms with Crippen molar-refractivity contribution in [1.82, 2.24) is 14.8 Å². The molecule has 3 aliphatic heterocycles. The van der Waals surface area contributed by atoms with E-state index >= 15 is 4.39 Å². The van der Waals surface area contributed by atoms with Crippen molar-refractivity contribution in [2.75, 3.05) is 44.8 Å². The highest BCUT2D eigenvalue weighted by Crippen LogP contribution is 2.42. The monoisotopic (exact) mass is 498 g/mol. The Morgan fingerprint density at radius 3 is 2.69 bits per heavy atom. The first-order valence-electron chi connectivity index (χ1n) is 12.0. The summed E-state index contributed by atoms with van der Waals surface area (Å²) in [6.45, 7) is 6.81. The summed E-state index contributed by atoms with van der Waals surface area (Å²) in [7, 11) is 1.62. The Bertz CT molecular complexity index is 1220. The van der Waals surface area contributed by atoms with Crippen molar-refractivity contribution in [3.05, 3.63) is 54.1 Å². The SMILES string of the molecule is C=CC(=O)N1CCN2C(=O)c3c(N4CCC(OC)[C@@H]4C)nc(-c4ccccc4F)c(F)c3OC[C@H]2C1. The Balaban J connectivity index is 1.65. The molecule has 3 aliphatic rings. The second-order valence-electron chi connectivity index (χ2n) is 9.23. The predicted octanol–water partition coefficient (Wildman–Crippen LogP) is 2.87. The molecule has 2 amide bonds. The van der Waals surface area contributed by atoms with E-state index in [9.17, 15) is 14.0 Å². The molecule has 36 heavy (non-hydrogen) atoms. The molecule has 4 heterocycles. The fourth-order valence-corrected chi connectivity index (χ4v) is 5.34. The van der Waals surface area contributed by atoms with Crippen LogP contribution in [-0.4, -0.2) is 84.7 Å². The third-order valence-electron chi connectivity index (χ3n) is 7.33. The van der Waals surface area contributed by atoms with Gasteiger partial charge < -0.3 is 24.2 Å². The van der Waals surface area contributed by atoms with Gasteiger partial charge in [-0.1, -0.05) is 18.7 Å². The zero-order valence-electron chi connectivity index (χ0n) is 20.2. The van der Waals surface area contributed by atoms with Crippen LogP contribution in [0, 0.1) is 11.6 Å². The molecule has 1 unspecified atom stereocenters. The van der Waals surface area contributed by atoms with E-state index in [1.165, 1.54) is 24.3 Å². The van der Waals surface area contributed by atoms with Gasteiger partial charge >= 0.3 is 0 Å². The van der Waals surface area contributed by atoms with Crippen molar-refractivity contribution >= 4 is 17.6 Å². The number of anilines is 1. The maximum Gasteiger partial charge on any atom is 0.262 e. The molecule has 0 spiro atoms. The van der Waals surface area contributed by atoms with Gasteiger partial charge in [-0.2, -0.15) is 0 Å². The molecular formula is C26H28F2N4O4. The van der Waals surface area contributed by atoms with Crippen molar-refractivity contribution < 1.29 is 27.8 Å². The maximum absolute atomic E-state index is 16.0. The Labute approximate surface area is 208 Å². The lowest BCUT2D eigenvalue weighted by Crippen LogP contribution is -2.57. The highest BCUT2D eigenvalue weighted by Gasteiger charge is 2.43. The van der Waals surface area contributed by atoms with Gasteiger partial charge in [-0.25, -0.2) is 13.8 Å². The van der Waals surface area contributed by atoms with Crippen molar-refractivity contribution in [1.29, 1.82) is 0 Å². The molecule has 1 aromatic heterocycles. The minimum Gasteiger partial charge on any atom is -0.487 e. The van der Waals surface area contributed by atoms with E-state index in [0.717, 1.165) is 0 Å². The first-order chi connectivity index (χ1) is 17.3. The van der Waals surface area contributed by atoms with Gasteiger partial charge in [-0.15, -0.1) is 0 Å². The van der Waals surface area contributed by atoms with Gasteiger partial charge in [0.05, 0.1) is 18.2 Å². The van der Waals surface area contributed by atoms with Crippen molar-refractivity contribution in [3.63, 3.8) is 0 Å². The Morgan fingerprint density at radius 1 is 1.22 bits per heavy atom. The zero-order valence-corrected chi connectivity index (χ0v) is 20.2. The molecule has 0 radical (unpaired) electrons. The molecule has 2 aromatic rings. The number of amides is 2. The third kappa shape index (κ3) is 3.89. The molecule has 3 atom stereocenters. The van der Waals surface area contributed by atoms with Crippen LogP contribution >= 0.6 is 0 Å². The summed E-state index contributed by atoms with van der Waals surface area (Å²) in [5.74, 6) is -2.18. The van der Waals surface area contributed by atoms with Gasteiger partial charge in [0.25, 0.3) is 5.91 Å². The molecule has 0 N–H and O–H groups in total. The van der Waals surface area contributed by atoms with Crippen LogP contribution in [0.1, 0.15) is 23.7 Å². The first kappa shape index (κ1) is 24.2.